The van der Waals surface area contributed by atoms with Crippen molar-refractivity contribution >= 4 is 27.5 Å². The first-order valence-electron chi connectivity index (χ1n) is 5.56. The molecule has 0 aromatic heterocycles. The first-order chi connectivity index (χ1) is 8.52. The van der Waals surface area contributed by atoms with E-state index < -0.39 is 0 Å². The van der Waals surface area contributed by atoms with Gasteiger partial charge in [0.2, 0.25) is 0 Å². The van der Waals surface area contributed by atoms with Gasteiger partial charge in [0.1, 0.15) is 0 Å². The van der Waals surface area contributed by atoms with Crippen molar-refractivity contribution in [2.75, 3.05) is 25.5 Å². The predicted molar refractivity (Wildman–Crippen MR) is 76.5 cm³/mol. The van der Waals surface area contributed by atoms with Crippen molar-refractivity contribution in [3.63, 3.8) is 0 Å². The summed E-state index contributed by atoms with van der Waals surface area (Å²) in [5.74, 6) is -0.173. The quantitative estimate of drug-likeness (QED) is 0.481. The summed E-state index contributed by atoms with van der Waals surface area (Å²) >= 11 is 3.29. The van der Waals surface area contributed by atoms with E-state index in [1.165, 1.54) is 0 Å². The molecule has 0 aliphatic carbocycles. The van der Waals surface area contributed by atoms with Crippen LogP contribution in [0.3, 0.4) is 0 Å². The third-order valence-electron chi connectivity index (χ3n) is 2.15. The topological polar surface area (TPSA) is 64.3 Å². The number of amides is 1. The third-order valence-corrected chi connectivity index (χ3v) is 3.04. The SMILES string of the molecule is C=C(C)COCCNC(=O)c1cccc(N)c1Br. The van der Waals surface area contributed by atoms with Crippen LogP contribution in [0.5, 0.6) is 0 Å². The minimum absolute atomic E-state index is 0.173. The second-order valence-corrected chi connectivity index (χ2v) is 4.77. The highest BCUT2D eigenvalue weighted by Gasteiger charge is 2.10. The van der Waals surface area contributed by atoms with Gasteiger partial charge in [0.05, 0.1) is 23.2 Å². The Morgan fingerprint density at radius 3 is 2.94 bits per heavy atom. The van der Waals surface area contributed by atoms with Gasteiger partial charge in [0.15, 0.2) is 0 Å². The number of carbonyl (C=O) groups is 1. The van der Waals surface area contributed by atoms with E-state index in [2.05, 4.69) is 27.8 Å². The third kappa shape index (κ3) is 4.50. The van der Waals surface area contributed by atoms with Crippen molar-refractivity contribution in [3.05, 3.63) is 40.4 Å². The summed E-state index contributed by atoms with van der Waals surface area (Å²) in [5, 5.41) is 2.76. The van der Waals surface area contributed by atoms with E-state index >= 15 is 0 Å². The van der Waals surface area contributed by atoms with Crippen LogP contribution in [0.25, 0.3) is 0 Å². The highest BCUT2D eigenvalue weighted by molar-refractivity contribution is 9.10. The summed E-state index contributed by atoms with van der Waals surface area (Å²) in [6.45, 7) is 7.04. The predicted octanol–water partition coefficient (Wildman–Crippen LogP) is 2.35. The zero-order chi connectivity index (χ0) is 13.5. The fourth-order valence-corrected chi connectivity index (χ4v) is 1.75. The lowest BCUT2D eigenvalue weighted by atomic mass is 10.2. The molecule has 0 unspecified atom stereocenters. The summed E-state index contributed by atoms with van der Waals surface area (Å²) in [7, 11) is 0. The van der Waals surface area contributed by atoms with Gasteiger partial charge in [-0.2, -0.15) is 0 Å². The van der Waals surface area contributed by atoms with Crippen molar-refractivity contribution in [2.45, 2.75) is 6.92 Å². The van der Waals surface area contributed by atoms with E-state index in [0.29, 0.717) is 35.5 Å². The van der Waals surface area contributed by atoms with Crippen LogP contribution in [0, 0.1) is 0 Å². The Hall–Kier alpha value is -1.33. The van der Waals surface area contributed by atoms with Gasteiger partial charge in [-0.05, 0) is 35.0 Å². The molecule has 3 N–H and O–H groups in total. The number of benzene rings is 1. The summed E-state index contributed by atoms with van der Waals surface area (Å²) < 4.78 is 5.90. The van der Waals surface area contributed by atoms with E-state index in [-0.39, 0.29) is 5.91 Å². The number of anilines is 1. The molecule has 1 amide bonds. The molecule has 0 radical (unpaired) electrons. The lowest BCUT2D eigenvalue weighted by molar-refractivity contribution is 0.0926. The number of carbonyl (C=O) groups excluding carboxylic acids is 1. The molecular weight excluding hydrogens is 296 g/mol. The summed E-state index contributed by atoms with van der Waals surface area (Å²) in [5.41, 5.74) is 7.73. The molecule has 0 aliphatic heterocycles. The minimum Gasteiger partial charge on any atom is -0.398 e. The number of rotatable bonds is 6. The van der Waals surface area contributed by atoms with E-state index in [0.717, 1.165) is 5.57 Å². The number of hydrogen-bond acceptors (Lipinski definition) is 3. The van der Waals surface area contributed by atoms with Crippen LogP contribution in [-0.4, -0.2) is 25.7 Å². The normalized spacial score (nSPS) is 10.1. The molecule has 0 bridgehead atoms. The summed E-state index contributed by atoms with van der Waals surface area (Å²) in [6, 6.07) is 5.19. The zero-order valence-corrected chi connectivity index (χ0v) is 11.9. The van der Waals surface area contributed by atoms with Crippen LogP contribution in [0.1, 0.15) is 17.3 Å². The van der Waals surface area contributed by atoms with Gasteiger partial charge in [-0.15, -0.1) is 0 Å². The van der Waals surface area contributed by atoms with E-state index in [9.17, 15) is 4.79 Å². The van der Waals surface area contributed by atoms with Gasteiger partial charge in [-0.25, -0.2) is 0 Å². The molecule has 0 aliphatic rings. The van der Waals surface area contributed by atoms with Gasteiger partial charge in [-0.1, -0.05) is 18.2 Å². The standard InChI is InChI=1S/C13H17BrN2O2/c1-9(2)8-18-7-6-16-13(17)10-4-3-5-11(15)12(10)14/h3-5H,1,6-8,15H2,2H3,(H,16,17). The van der Waals surface area contributed by atoms with E-state index in [1.54, 1.807) is 18.2 Å². The smallest absolute Gasteiger partial charge is 0.252 e. The van der Waals surface area contributed by atoms with Crippen LogP contribution in [-0.2, 0) is 4.74 Å². The van der Waals surface area contributed by atoms with Crippen molar-refractivity contribution in [2.24, 2.45) is 0 Å². The number of nitrogen functional groups attached to an aromatic ring is 1. The molecular formula is C13H17BrN2O2. The highest BCUT2D eigenvalue weighted by atomic mass is 79.9. The molecule has 98 valence electrons. The molecule has 0 heterocycles. The maximum Gasteiger partial charge on any atom is 0.252 e. The van der Waals surface area contributed by atoms with Gasteiger partial charge in [0.25, 0.3) is 5.91 Å². The zero-order valence-electron chi connectivity index (χ0n) is 10.3. The largest absolute Gasteiger partial charge is 0.398 e. The molecule has 18 heavy (non-hydrogen) atoms. The average molecular weight is 313 g/mol. The molecule has 0 saturated carbocycles. The van der Waals surface area contributed by atoms with Crippen molar-refractivity contribution in [3.8, 4) is 0 Å². The first kappa shape index (κ1) is 14.7. The molecule has 0 saturated heterocycles. The Morgan fingerprint density at radius 1 is 1.56 bits per heavy atom. The molecule has 0 atom stereocenters. The summed E-state index contributed by atoms with van der Waals surface area (Å²) in [6.07, 6.45) is 0. The van der Waals surface area contributed by atoms with E-state index in [1.807, 2.05) is 6.92 Å². The molecule has 0 spiro atoms. The Morgan fingerprint density at radius 2 is 2.28 bits per heavy atom. The second kappa shape index (κ2) is 7.18. The molecule has 0 fully saturated rings. The van der Waals surface area contributed by atoms with Crippen LogP contribution in [0.4, 0.5) is 5.69 Å². The second-order valence-electron chi connectivity index (χ2n) is 3.97. The van der Waals surface area contributed by atoms with Crippen LogP contribution in [0.2, 0.25) is 0 Å². The Balaban J connectivity index is 2.41. The molecule has 1 aromatic carbocycles. The fourth-order valence-electron chi connectivity index (χ4n) is 1.30. The number of hydrogen-bond donors (Lipinski definition) is 2. The molecule has 5 heteroatoms. The van der Waals surface area contributed by atoms with Gasteiger partial charge in [-0.3, -0.25) is 4.79 Å². The van der Waals surface area contributed by atoms with Gasteiger partial charge in [0, 0.05) is 12.2 Å². The van der Waals surface area contributed by atoms with Crippen molar-refractivity contribution < 1.29 is 9.53 Å². The number of halogens is 1. The van der Waals surface area contributed by atoms with Crippen LogP contribution >= 0.6 is 15.9 Å². The maximum absolute atomic E-state index is 11.8. The van der Waals surface area contributed by atoms with Crippen molar-refractivity contribution in [1.29, 1.82) is 0 Å². The first-order valence-corrected chi connectivity index (χ1v) is 6.36. The number of nitrogens with two attached hydrogens (primary N) is 1. The number of ether oxygens (including phenoxy) is 1. The Bertz CT molecular complexity index is 447. The van der Waals surface area contributed by atoms with Crippen molar-refractivity contribution in [1.82, 2.24) is 5.32 Å². The Labute approximate surface area is 115 Å². The lowest BCUT2D eigenvalue weighted by Gasteiger charge is -2.08. The average Bonchev–Trinajstić information content (AvgIpc) is 2.31. The van der Waals surface area contributed by atoms with Crippen LogP contribution in [0.15, 0.2) is 34.8 Å². The highest BCUT2D eigenvalue weighted by Crippen LogP contribution is 2.23. The molecule has 4 nitrogen and oxygen atoms in total. The van der Waals surface area contributed by atoms with E-state index in [4.69, 9.17) is 10.5 Å². The Kier molecular flexibility index (Phi) is 5.88. The minimum atomic E-state index is -0.173. The van der Waals surface area contributed by atoms with Crippen LogP contribution < -0.4 is 11.1 Å². The molecule has 1 rings (SSSR count). The number of nitrogens with one attached hydrogen (secondary N) is 1. The van der Waals surface area contributed by atoms with Gasteiger partial charge >= 0.3 is 0 Å². The summed E-state index contributed by atoms with van der Waals surface area (Å²) in [4.78, 5) is 11.8. The van der Waals surface area contributed by atoms with Gasteiger partial charge < -0.3 is 15.8 Å². The lowest BCUT2D eigenvalue weighted by Crippen LogP contribution is -2.27. The molecule has 1 aromatic rings. The fraction of sp³-hybridized carbons (Fsp3) is 0.308. The maximum atomic E-state index is 11.8. The monoisotopic (exact) mass is 312 g/mol.